The molecule has 0 heterocycles. The summed E-state index contributed by atoms with van der Waals surface area (Å²) in [5, 5.41) is 8.42. The van der Waals surface area contributed by atoms with Gasteiger partial charge in [-0.2, -0.15) is 11.8 Å². The lowest BCUT2D eigenvalue weighted by molar-refractivity contribution is 0.854. The molecule has 0 spiro atoms. The third-order valence-corrected chi connectivity index (χ3v) is 4.86. The summed E-state index contributed by atoms with van der Waals surface area (Å²) < 4.78 is 0. The predicted molar refractivity (Wildman–Crippen MR) is 108 cm³/mol. The first-order valence-electron chi connectivity index (χ1n) is 7.26. The predicted octanol–water partition coefficient (Wildman–Crippen LogP) is 5.60. The number of thiocarbonyl (C=S) groups is 1. The summed E-state index contributed by atoms with van der Waals surface area (Å²) in [6, 6.07) is 15.5. The highest BCUT2D eigenvalue weighted by atomic mass is 35.5. The number of benzene rings is 2. The number of halogens is 2. The van der Waals surface area contributed by atoms with Crippen LogP contribution in [-0.2, 0) is 5.75 Å². The van der Waals surface area contributed by atoms with Crippen molar-refractivity contribution in [2.24, 2.45) is 0 Å². The van der Waals surface area contributed by atoms with Crippen LogP contribution in [-0.4, -0.2) is 17.4 Å². The summed E-state index contributed by atoms with van der Waals surface area (Å²) in [6.07, 6.45) is 1.05. The number of rotatable bonds is 7. The standard InChI is InChI=1S/C17H18Cl2N2S2/c18-14-7-5-13(6-8-14)12-23-10-2-9-20-17(22)21-16-4-1-3-15(19)11-16/h1,3-8,11H,2,9-10,12H2,(H2,20,21,22). The second-order valence-electron chi connectivity index (χ2n) is 4.92. The molecule has 0 bridgehead atoms. The summed E-state index contributed by atoms with van der Waals surface area (Å²) >= 11 is 19.0. The van der Waals surface area contributed by atoms with Gasteiger partial charge >= 0.3 is 0 Å². The van der Waals surface area contributed by atoms with Crippen molar-refractivity contribution in [2.45, 2.75) is 12.2 Å². The minimum atomic E-state index is 0.620. The van der Waals surface area contributed by atoms with Gasteiger partial charge in [-0.15, -0.1) is 0 Å². The van der Waals surface area contributed by atoms with Crippen LogP contribution in [0.25, 0.3) is 0 Å². The average Bonchev–Trinajstić information content (AvgIpc) is 2.52. The van der Waals surface area contributed by atoms with E-state index < -0.39 is 0 Å². The molecule has 0 fully saturated rings. The Labute approximate surface area is 157 Å². The van der Waals surface area contributed by atoms with Gasteiger partial charge < -0.3 is 10.6 Å². The third-order valence-electron chi connectivity index (χ3n) is 3.02. The van der Waals surface area contributed by atoms with Crippen molar-refractivity contribution in [3.63, 3.8) is 0 Å². The van der Waals surface area contributed by atoms with E-state index in [-0.39, 0.29) is 0 Å². The van der Waals surface area contributed by atoms with Crippen LogP contribution in [0.15, 0.2) is 48.5 Å². The first-order valence-corrected chi connectivity index (χ1v) is 9.58. The van der Waals surface area contributed by atoms with Gasteiger partial charge in [0.1, 0.15) is 0 Å². The van der Waals surface area contributed by atoms with E-state index in [9.17, 15) is 0 Å². The molecule has 2 nitrogen and oxygen atoms in total. The fourth-order valence-electron chi connectivity index (χ4n) is 1.89. The lowest BCUT2D eigenvalue weighted by Gasteiger charge is -2.10. The van der Waals surface area contributed by atoms with Crippen molar-refractivity contribution in [1.82, 2.24) is 5.32 Å². The van der Waals surface area contributed by atoms with E-state index in [2.05, 4.69) is 22.8 Å². The van der Waals surface area contributed by atoms with Crippen LogP contribution in [0.4, 0.5) is 5.69 Å². The summed E-state index contributed by atoms with van der Waals surface area (Å²) in [6.45, 7) is 0.847. The summed E-state index contributed by atoms with van der Waals surface area (Å²) in [5.74, 6) is 2.08. The SMILES string of the molecule is S=C(NCCCSCc1ccc(Cl)cc1)Nc1cccc(Cl)c1. The number of hydrogen-bond acceptors (Lipinski definition) is 2. The van der Waals surface area contributed by atoms with Crippen LogP contribution >= 0.6 is 47.2 Å². The van der Waals surface area contributed by atoms with Crippen LogP contribution < -0.4 is 10.6 Å². The fourth-order valence-corrected chi connectivity index (χ4v) is 3.35. The Hall–Kier alpha value is -0.940. The molecule has 0 saturated carbocycles. The monoisotopic (exact) mass is 384 g/mol. The van der Waals surface area contributed by atoms with Gasteiger partial charge in [0.25, 0.3) is 0 Å². The summed E-state index contributed by atoms with van der Waals surface area (Å²) in [7, 11) is 0. The second kappa shape index (κ2) is 10.0. The Morgan fingerprint density at radius 3 is 2.57 bits per heavy atom. The molecule has 2 aromatic rings. The Morgan fingerprint density at radius 1 is 1.04 bits per heavy atom. The Bertz CT molecular complexity index is 633. The Morgan fingerprint density at radius 2 is 1.83 bits per heavy atom. The molecule has 0 aliphatic heterocycles. The molecular formula is C17H18Cl2N2S2. The van der Waals surface area contributed by atoms with E-state index in [0.717, 1.165) is 35.2 Å². The van der Waals surface area contributed by atoms with Crippen molar-refractivity contribution in [1.29, 1.82) is 0 Å². The molecule has 23 heavy (non-hydrogen) atoms. The summed E-state index contributed by atoms with van der Waals surface area (Å²) in [5.41, 5.74) is 2.19. The summed E-state index contributed by atoms with van der Waals surface area (Å²) in [4.78, 5) is 0. The van der Waals surface area contributed by atoms with Gasteiger partial charge in [-0.3, -0.25) is 0 Å². The lowest BCUT2D eigenvalue weighted by Crippen LogP contribution is -2.29. The van der Waals surface area contributed by atoms with Gasteiger partial charge in [-0.05, 0) is 60.3 Å². The van der Waals surface area contributed by atoms with Gasteiger partial charge in [-0.25, -0.2) is 0 Å². The number of nitrogens with one attached hydrogen (secondary N) is 2. The molecule has 122 valence electrons. The van der Waals surface area contributed by atoms with E-state index in [1.807, 2.05) is 48.2 Å². The van der Waals surface area contributed by atoms with E-state index in [1.165, 1.54) is 5.56 Å². The van der Waals surface area contributed by atoms with Gasteiger partial charge in [0.15, 0.2) is 5.11 Å². The molecule has 2 rings (SSSR count). The van der Waals surface area contributed by atoms with Crippen LogP contribution in [0, 0.1) is 0 Å². The van der Waals surface area contributed by atoms with E-state index in [4.69, 9.17) is 35.4 Å². The zero-order valence-electron chi connectivity index (χ0n) is 12.5. The zero-order chi connectivity index (χ0) is 16.5. The van der Waals surface area contributed by atoms with E-state index in [0.29, 0.717) is 10.1 Å². The average molecular weight is 385 g/mol. The zero-order valence-corrected chi connectivity index (χ0v) is 15.7. The molecule has 2 aromatic carbocycles. The number of thioether (sulfide) groups is 1. The third kappa shape index (κ3) is 7.44. The van der Waals surface area contributed by atoms with Crippen molar-refractivity contribution in [2.75, 3.05) is 17.6 Å². The number of hydrogen-bond donors (Lipinski definition) is 2. The van der Waals surface area contributed by atoms with Gasteiger partial charge in [0.05, 0.1) is 0 Å². The van der Waals surface area contributed by atoms with Crippen LogP contribution in [0.1, 0.15) is 12.0 Å². The van der Waals surface area contributed by atoms with Crippen LogP contribution in [0.2, 0.25) is 10.0 Å². The largest absolute Gasteiger partial charge is 0.362 e. The highest BCUT2D eigenvalue weighted by Gasteiger charge is 1.99. The first kappa shape index (κ1) is 18.4. The highest BCUT2D eigenvalue weighted by molar-refractivity contribution is 7.98. The minimum Gasteiger partial charge on any atom is -0.362 e. The molecule has 6 heteroatoms. The smallest absolute Gasteiger partial charge is 0.170 e. The normalized spacial score (nSPS) is 10.3. The molecule has 0 aliphatic rings. The van der Waals surface area contributed by atoms with E-state index in [1.54, 1.807) is 0 Å². The quantitative estimate of drug-likeness (QED) is 0.478. The molecule has 0 amide bonds. The first-order chi connectivity index (χ1) is 11.1. The Kier molecular flexibility index (Phi) is 8.03. The molecule has 0 aliphatic carbocycles. The second-order valence-corrected chi connectivity index (χ2v) is 7.31. The maximum Gasteiger partial charge on any atom is 0.170 e. The van der Waals surface area contributed by atoms with E-state index >= 15 is 0 Å². The van der Waals surface area contributed by atoms with Gasteiger partial charge in [0.2, 0.25) is 0 Å². The molecule has 0 radical (unpaired) electrons. The van der Waals surface area contributed by atoms with Gasteiger partial charge in [-0.1, -0.05) is 41.4 Å². The lowest BCUT2D eigenvalue weighted by atomic mass is 10.2. The molecular weight excluding hydrogens is 367 g/mol. The van der Waals surface area contributed by atoms with Crippen molar-refractivity contribution in [3.05, 3.63) is 64.1 Å². The molecule has 0 unspecified atom stereocenters. The maximum atomic E-state index is 5.94. The van der Waals surface area contributed by atoms with Gasteiger partial charge in [0, 0.05) is 28.0 Å². The van der Waals surface area contributed by atoms with Crippen LogP contribution in [0.5, 0.6) is 0 Å². The Balaban J connectivity index is 1.56. The van der Waals surface area contributed by atoms with Crippen molar-refractivity contribution in [3.8, 4) is 0 Å². The van der Waals surface area contributed by atoms with Crippen molar-refractivity contribution < 1.29 is 0 Å². The molecule has 0 atom stereocenters. The topological polar surface area (TPSA) is 24.1 Å². The molecule has 0 saturated heterocycles. The maximum absolute atomic E-state index is 5.94. The van der Waals surface area contributed by atoms with Crippen molar-refractivity contribution >= 4 is 58.0 Å². The number of anilines is 1. The highest BCUT2D eigenvalue weighted by Crippen LogP contribution is 2.16. The minimum absolute atomic E-state index is 0.620. The molecule has 2 N–H and O–H groups in total. The van der Waals surface area contributed by atoms with Crippen LogP contribution in [0.3, 0.4) is 0 Å². The molecule has 0 aromatic heterocycles. The fraction of sp³-hybridized carbons (Fsp3) is 0.235.